The van der Waals surface area contributed by atoms with Crippen LogP contribution in [-0.2, 0) is 9.53 Å². The zero-order valence-electron chi connectivity index (χ0n) is 11.5. The molecule has 1 rings (SSSR count). The van der Waals surface area contributed by atoms with Gasteiger partial charge in [0.1, 0.15) is 5.60 Å². The monoisotopic (exact) mass is 260 g/mol. The van der Waals surface area contributed by atoms with E-state index in [1.165, 1.54) is 0 Å². The molecular weight excluding hydrogens is 236 g/mol. The van der Waals surface area contributed by atoms with Crippen molar-refractivity contribution in [2.24, 2.45) is 11.8 Å². The second-order valence-corrected chi connectivity index (χ2v) is 6.40. The van der Waals surface area contributed by atoms with E-state index in [1.807, 2.05) is 27.7 Å². The number of carbonyl (C=O) groups is 1. The topological polar surface area (TPSA) is 26.3 Å². The van der Waals surface area contributed by atoms with E-state index >= 15 is 0 Å². The summed E-state index contributed by atoms with van der Waals surface area (Å²) in [4.78, 5) is 11.8. The molecular formula is C14H25ClO2. The van der Waals surface area contributed by atoms with Crippen molar-refractivity contribution in [1.29, 1.82) is 0 Å². The second-order valence-electron chi connectivity index (χ2n) is 5.78. The van der Waals surface area contributed by atoms with Gasteiger partial charge in [-0.1, -0.05) is 13.8 Å². The molecule has 1 unspecified atom stereocenters. The second kappa shape index (κ2) is 6.08. The maximum Gasteiger partial charge on any atom is 0.309 e. The van der Waals surface area contributed by atoms with Crippen LogP contribution < -0.4 is 0 Å². The Morgan fingerprint density at radius 2 is 1.88 bits per heavy atom. The molecule has 17 heavy (non-hydrogen) atoms. The summed E-state index contributed by atoms with van der Waals surface area (Å²) in [6.45, 7) is 8.00. The Labute approximate surface area is 110 Å². The summed E-state index contributed by atoms with van der Waals surface area (Å²) in [5.41, 5.74) is -0.350. The summed E-state index contributed by atoms with van der Waals surface area (Å²) in [7, 11) is 0. The van der Waals surface area contributed by atoms with E-state index in [4.69, 9.17) is 16.3 Å². The standard InChI is InChI=1S/C14H25ClO2/c1-5-10(2)13(16)17-14(3,4)11-6-8-12(15)9-7-11/h10-12H,5-9H2,1-4H3. The van der Waals surface area contributed by atoms with Gasteiger partial charge in [0.2, 0.25) is 0 Å². The van der Waals surface area contributed by atoms with Crippen LogP contribution >= 0.6 is 11.6 Å². The number of hydrogen-bond acceptors (Lipinski definition) is 2. The molecule has 0 aromatic heterocycles. The number of halogens is 1. The van der Waals surface area contributed by atoms with E-state index in [0.717, 1.165) is 32.1 Å². The minimum absolute atomic E-state index is 0.00126. The molecule has 0 N–H and O–H groups in total. The van der Waals surface area contributed by atoms with Gasteiger partial charge in [0.05, 0.1) is 5.92 Å². The molecule has 0 aromatic carbocycles. The van der Waals surface area contributed by atoms with Gasteiger partial charge in [0.25, 0.3) is 0 Å². The lowest BCUT2D eigenvalue weighted by Crippen LogP contribution is -2.40. The SMILES string of the molecule is CCC(C)C(=O)OC(C)(C)C1CCC(Cl)CC1. The molecule has 0 heterocycles. The third-order valence-corrected chi connectivity index (χ3v) is 4.45. The number of rotatable bonds is 4. The lowest BCUT2D eigenvalue weighted by molar-refractivity contribution is -0.167. The molecule has 2 nitrogen and oxygen atoms in total. The number of carbonyl (C=O) groups excluding carboxylic acids is 1. The van der Waals surface area contributed by atoms with Gasteiger partial charge < -0.3 is 4.74 Å². The Morgan fingerprint density at radius 1 is 1.35 bits per heavy atom. The first-order chi connectivity index (χ1) is 7.86. The number of alkyl halides is 1. The van der Waals surface area contributed by atoms with Crippen LogP contribution in [0.5, 0.6) is 0 Å². The highest BCUT2D eigenvalue weighted by Crippen LogP contribution is 2.37. The lowest BCUT2D eigenvalue weighted by atomic mass is 9.78. The first-order valence-corrected chi connectivity index (χ1v) is 7.17. The van der Waals surface area contributed by atoms with Gasteiger partial charge in [-0.25, -0.2) is 0 Å². The van der Waals surface area contributed by atoms with Crippen molar-refractivity contribution in [3.05, 3.63) is 0 Å². The van der Waals surface area contributed by atoms with Gasteiger partial charge in [-0.3, -0.25) is 4.79 Å². The minimum Gasteiger partial charge on any atom is -0.459 e. The average Bonchev–Trinajstić information content (AvgIpc) is 2.27. The van der Waals surface area contributed by atoms with Gasteiger partial charge in [-0.2, -0.15) is 0 Å². The van der Waals surface area contributed by atoms with Crippen LogP contribution in [0, 0.1) is 11.8 Å². The molecule has 0 aliphatic heterocycles. The van der Waals surface area contributed by atoms with Gasteiger partial charge in [-0.05, 0) is 51.9 Å². The number of esters is 1. The van der Waals surface area contributed by atoms with Crippen LogP contribution in [0.15, 0.2) is 0 Å². The van der Waals surface area contributed by atoms with E-state index in [0.29, 0.717) is 11.3 Å². The maximum atomic E-state index is 11.8. The summed E-state index contributed by atoms with van der Waals surface area (Å²) < 4.78 is 5.68. The molecule has 0 spiro atoms. The highest BCUT2D eigenvalue weighted by Gasteiger charge is 2.36. The van der Waals surface area contributed by atoms with Crippen molar-refractivity contribution in [2.45, 2.75) is 70.8 Å². The van der Waals surface area contributed by atoms with Crippen LogP contribution in [0.2, 0.25) is 0 Å². The fourth-order valence-corrected chi connectivity index (χ4v) is 2.61. The Morgan fingerprint density at radius 3 is 2.35 bits per heavy atom. The molecule has 0 saturated heterocycles. The molecule has 0 amide bonds. The van der Waals surface area contributed by atoms with Crippen LogP contribution in [0.1, 0.15) is 59.8 Å². The third-order valence-electron chi connectivity index (χ3n) is 4.02. The highest BCUT2D eigenvalue weighted by atomic mass is 35.5. The summed E-state index contributed by atoms with van der Waals surface area (Å²) >= 11 is 6.10. The Bertz CT molecular complexity index is 255. The summed E-state index contributed by atoms with van der Waals surface area (Å²) in [6.07, 6.45) is 5.04. The first-order valence-electron chi connectivity index (χ1n) is 6.73. The average molecular weight is 261 g/mol. The maximum absolute atomic E-state index is 11.8. The quantitative estimate of drug-likeness (QED) is 0.561. The molecule has 1 atom stereocenters. The van der Waals surface area contributed by atoms with E-state index in [1.54, 1.807) is 0 Å². The van der Waals surface area contributed by atoms with Crippen LogP contribution in [0.25, 0.3) is 0 Å². The Kier molecular flexibility index (Phi) is 5.30. The van der Waals surface area contributed by atoms with Crippen molar-refractivity contribution in [3.63, 3.8) is 0 Å². The van der Waals surface area contributed by atoms with Gasteiger partial charge in [0.15, 0.2) is 0 Å². The third kappa shape index (κ3) is 4.17. The predicted molar refractivity (Wildman–Crippen MR) is 71.2 cm³/mol. The van der Waals surface area contributed by atoms with E-state index < -0.39 is 0 Å². The van der Waals surface area contributed by atoms with Crippen molar-refractivity contribution in [2.75, 3.05) is 0 Å². The molecule has 1 fully saturated rings. The number of hydrogen-bond donors (Lipinski definition) is 0. The van der Waals surface area contributed by atoms with Crippen molar-refractivity contribution < 1.29 is 9.53 Å². The molecule has 1 aliphatic carbocycles. The van der Waals surface area contributed by atoms with Crippen LogP contribution in [-0.4, -0.2) is 16.9 Å². The normalized spacial score (nSPS) is 27.6. The summed E-state index contributed by atoms with van der Waals surface area (Å²) in [5, 5.41) is 0.312. The predicted octanol–water partition coefficient (Wildman–Crippen LogP) is 4.15. The van der Waals surface area contributed by atoms with Crippen molar-refractivity contribution in [3.8, 4) is 0 Å². The largest absolute Gasteiger partial charge is 0.459 e. The van der Waals surface area contributed by atoms with Crippen molar-refractivity contribution in [1.82, 2.24) is 0 Å². The molecule has 0 radical (unpaired) electrons. The van der Waals surface area contributed by atoms with E-state index in [-0.39, 0.29) is 17.5 Å². The summed E-state index contributed by atoms with van der Waals surface area (Å²) in [6, 6.07) is 0. The van der Waals surface area contributed by atoms with E-state index in [2.05, 4.69) is 0 Å². The number of ether oxygens (including phenoxy) is 1. The van der Waals surface area contributed by atoms with Crippen molar-refractivity contribution >= 4 is 17.6 Å². The first kappa shape index (κ1) is 14.8. The molecule has 1 aliphatic rings. The fourth-order valence-electron chi connectivity index (χ4n) is 2.36. The molecule has 1 saturated carbocycles. The fraction of sp³-hybridized carbons (Fsp3) is 0.929. The molecule has 0 aromatic rings. The summed E-state index contributed by atoms with van der Waals surface area (Å²) in [5.74, 6) is 0.384. The highest BCUT2D eigenvalue weighted by molar-refractivity contribution is 6.20. The van der Waals surface area contributed by atoms with Crippen LogP contribution in [0.4, 0.5) is 0 Å². The Hall–Kier alpha value is -0.240. The van der Waals surface area contributed by atoms with E-state index in [9.17, 15) is 4.79 Å². The Balaban J connectivity index is 2.52. The molecule has 3 heteroatoms. The molecule has 100 valence electrons. The van der Waals surface area contributed by atoms with Gasteiger partial charge in [0, 0.05) is 5.38 Å². The lowest BCUT2D eigenvalue weighted by Gasteiger charge is -2.38. The van der Waals surface area contributed by atoms with Gasteiger partial charge in [-0.15, -0.1) is 11.6 Å². The van der Waals surface area contributed by atoms with Crippen LogP contribution in [0.3, 0.4) is 0 Å². The van der Waals surface area contributed by atoms with Gasteiger partial charge >= 0.3 is 5.97 Å². The molecule has 0 bridgehead atoms. The minimum atomic E-state index is -0.350. The zero-order chi connectivity index (χ0) is 13.1. The smallest absolute Gasteiger partial charge is 0.309 e. The zero-order valence-corrected chi connectivity index (χ0v) is 12.2.